The maximum absolute atomic E-state index is 14.7. The number of aromatic nitrogens is 2. The first-order valence-electron chi connectivity index (χ1n) is 9.87. The van der Waals surface area contributed by atoms with Crippen molar-refractivity contribution in [3.63, 3.8) is 0 Å². The molecule has 1 aliphatic heterocycles. The molecule has 1 saturated carbocycles. The van der Waals surface area contributed by atoms with Gasteiger partial charge in [-0.25, -0.2) is 9.07 Å². The quantitative estimate of drug-likeness (QED) is 0.824. The van der Waals surface area contributed by atoms with Gasteiger partial charge >= 0.3 is 0 Å². The Hall–Kier alpha value is -1.92. The highest BCUT2D eigenvalue weighted by Crippen LogP contribution is 2.28. The van der Waals surface area contributed by atoms with E-state index in [1.54, 1.807) is 16.8 Å². The summed E-state index contributed by atoms with van der Waals surface area (Å²) in [4.78, 5) is 14.6. The van der Waals surface area contributed by atoms with Gasteiger partial charge in [-0.2, -0.15) is 5.10 Å². The van der Waals surface area contributed by atoms with E-state index >= 15 is 0 Å². The molecule has 2 heterocycles. The minimum atomic E-state index is -0.423. The molecular weight excluding hydrogens is 379 g/mol. The molecular formula is C21H28ClFN4O. The highest BCUT2D eigenvalue weighted by Gasteiger charge is 2.26. The lowest BCUT2D eigenvalue weighted by molar-refractivity contribution is 0.0704. The van der Waals surface area contributed by atoms with Crippen molar-refractivity contribution in [3.8, 4) is 5.69 Å². The molecule has 1 amide bonds. The van der Waals surface area contributed by atoms with E-state index in [2.05, 4.69) is 10.4 Å². The van der Waals surface area contributed by atoms with Gasteiger partial charge in [-0.1, -0.05) is 0 Å². The van der Waals surface area contributed by atoms with E-state index in [1.165, 1.54) is 18.9 Å². The van der Waals surface area contributed by atoms with Crippen molar-refractivity contribution < 1.29 is 9.18 Å². The topological polar surface area (TPSA) is 50.2 Å². The maximum atomic E-state index is 14.7. The van der Waals surface area contributed by atoms with E-state index in [-0.39, 0.29) is 18.3 Å². The number of amides is 1. The number of rotatable bonds is 5. The Balaban J connectivity index is 0.00000225. The molecule has 1 aromatic carbocycles. The number of nitrogens with zero attached hydrogens (tertiary/aromatic N) is 3. The van der Waals surface area contributed by atoms with E-state index in [1.807, 2.05) is 24.8 Å². The summed E-state index contributed by atoms with van der Waals surface area (Å²) in [6.45, 7) is 6.32. The van der Waals surface area contributed by atoms with Crippen LogP contribution in [0.3, 0.4) is 0 Å². The summed E-state index contributed by atoms with van der Waals surface area (Å²) in [7, 11) is 0. The summed E-state index contributed by atoms with van der Waals surface area (Å²) in [5, 5.41) is 7.94. The maximum Gasteiger partial charge on any atom is 0.253 e. The Morgan fingerprint density at radius 1 is 1.18 bits per heavy atom. The second-order valence-corrected chi connectivity index (χ2v) is 7.92. The summed E-state index contributed by atoms with van der Waals surface area (Å²) < 4.78 is 16.2. The Bertz CT molecular complexity index is 841. The van der Waals surface area contributed by atoms with Crippen LogP contribution in [-0.4, -0.2) is 46.3 Å². The highest BCUT2D eigenvalue weighted by molar-refractivity contribution is 5.94. The number of nitrogens with one attached hydrogen (secondary N) is 1. The zero-order valence-corrected chi connectivity index (χ0v) is 17.3. The average Bonchev–Trinajstić information content (AvgIpc) is 3.43. The smallest absolute Gasteiger partial charge is 0.253 e. The van der Waals surface area contributed by atoms with Crippen molar-refractivity contribution in [2.75, 3.05) is 19.6 Å². The fraction of sp³-hybridized carbons (Fsp3) is 0.524. The standard InChI is InChI=1S/C21H27FN4O.ClH/c1-14-11-15(2)26(24-14)20-6-5-17(12-19(20)22)21(27)25-9-7-18(8-10-25)23-13-16-3-4-16;/h5-6,11-12,16,18,23H,3-4,7-10,13H2,1-2H3;1H. The molecule has 0 radical (unpaired) electrons. The van der Waals surface area contributed by atoms with E-state index in [0.717, 1.165) is 49.8 Å². The average molecular weight is 407 g/mol. The van der Waals surface area contributed by atoms with Gasteiger partial charge in [-0.3, -0.25) is 4.79 Å². The van der Waals surface area contributed by atoms with Crippen LogP contribution in [0.25, 0.3) is 5.69 Å². The van der Waals surface area contributed by atoms with Crippen molar-refractivity contribution >= 4 is 18.3 Å². The van der Waals surface area contributed by atoms with Gasteiger partial charge in [0, 0.05) is 30.4 Å². The van der Waals surface area contributed by atoms with Crippen LogP contribution < -0.4 is 5.32 Å². The molecule has 28 heavy (non-hydrogen) atoms. The van der Waals surface area contributed by atoms with Crippen molar-refractivity contribution in [2.24, 2.45) is 5.92 Å². The fourth-order valence-corrected chi connectivity index (χ4v) is 3.81. The lowest BCUT2D eigenvalue weighted by Crippen LogP contribution is -2.45. The molecule has 2 fully saturated rings. The third-order valence-corrected chi connectivity index (χ3v) is 5.61. The minimum absolute atomic E-state index is 0. The summed E-state index contributed by atoms with van der Waals surface area (Å²) in [6.07, 6.45) is 4.63. The van der Waals surface area contributed by atoms with Gasteiger partial charge in [0.1, 0.15) is 11.5 Å². The Morgan fingerprint density at radius 3 is 2.46 bits per heavy atom. The SMILES string of the molecule is Cc1cc(C)n(-c2ccc(C(=O)N3CCC(NCC4CC4)CC3)cc2F)n1.Cl. The monoisotopic (exact) mass is 406 g/mol. The Morgan fingerprint density at radius 2 is 1.89 bits per heavy atom. The molecule has 0 bridgehead atoms. The van der Waals surface area contributed by atoms with Crippen molar-refractivity contribution in [1.82, 2.24) is 20.0 Å². The Kier molecular flexibility index (Phi) is 6.40. The van der Waals surface area contributed by atoms with Crippen LogP contribution in [-0.2, 0) is 0 Å². The number of benzene rings is 1. The first-order chi connectivity index (χ1) is 13.0. The second kappa shape index (κ2) is 8.62. The lowest BCUT2D eigenvalue weighted by atomic mass is 10.0. The van der Waals surface area contributed by atoms with Crippen LogP contribution in [0.5, 0.6) is 0 Å². The summed E-state index contributed by atoms with van der Waals surface area (Å²) >= 11 is 0. The van der Waals surface area contributed by atoms with Gasteiger partial charge in [0.05, 0.1) is 5.69 Å². The normalized spacial score (nSPS) is 17.5. The molecule has 2 aliphatic rings. The molecule has 152 valence electrons. The van der Waals surface area contributed by atoms with Crippen molar-refractivity contribution in [1.29, 1.82) is 0 Å². The number of hydrogen-bond donors (Lipinski definition) is 1. The van der Waals surface area contributed by atoms with E-state index in [0.29, 0.717) is 17.3 Å². The van der Waals surface area contributed by atoms with Gasteiger partial charge in [0.25, 0.3) is 5.91 Å². The van der Waals surface area contributed by atoms with E-state index in [9.17, 15) is 9.18 Å². The molecule has 1 saturated heterocycles. The first-order valence-corrected chi connectivity index (χ1v) is 9.87. The van der Waals surface area contributed by atoms with E-state index in [4.69, 9.17) is 0 Å². The van der Waals surface area contributed by atoms with Crippen LogP contribution in [0.4, 0.5) is 4.39 Å². The molecule has 7 heteroatoms. The molecule has 1 N–H and O–H groups in total. The summed E-state index contributed by atoms with van der Waals surface area (Å²) in [5.41, 5.74) is 2.48. The van der Waals surface area contributed by atoms with Crippen molar-refractivity contribution in [2.45, 2.75) is 45.6 Å². The Labute approximate surface area is 171 Å². The number of aryl methyl sites for hydroxylation is 2. The molecule has 5 nitrogen and oxygen atoms in total. The molecule has 4 rings (SSSR count). The largest absolute Gasteiger partial charge is 0.339 e. The lowest BCUT2D eigenvalue weighted by Gasteiger charge is -2.32. The van der Waals surface area contributed by atoms with Gasteiger partial charge in [-0.05, 0) is 76.3 Å². The van der Waals surface area contributed by atoms with Gasteiger partial charge in [-0.15, -0.1) is 12.4 Å². The number of likely N-dealkylation sites (tertiary alicyclic amines) is 1. The number of piperidine rings is 1. The second-order valence-electron chi connectivity index (χ2n) is 7.92. The number of halogens is 2. The van der Waals surface area contributed by atoms with Crippen LogP contribution in [0.1, 0.15) is 47.4 Å². The number of carbonyl (C=O) groups is 1. The minimum Gasteiger partial charge on any atom is -0.339 e. The van der Waals surface area contributed by atoms with Crippen LogP contribution in [0.15, 0.2) is 24.3 Å². The first kappa shape index (κ1) is 20.8. The van der Waals surface area contributed by atoms with Crippen LogP contribution >= 0.6 is 12.4 Å². The van der Waals surface area contributed by atoms with Gasteiger partial charge in [0.15, 0.2) is 0 Å². The molecule has 1 aliphatic carbocycles. The fourth-order valence-electron chi connectivity index (χ4n) is 3.81. The third kappa shape index (κ3) is 4.55. The molecule has 1 aromatic heterocycles. The molecule has 0 spiro atoms. The molecule has 2 aromatic rings. The third-order valence-electron chi connectivity index (χ3n) is 5.61. The van der Waals surface area contributed by atoms with Crippen LogP contribution in [0, 0.1) is 25.6 Å². The van der Waals surface area contributed by atoms with Crippen LogP contribution in [0.2, 0.25) is 0 Å². The zero-order chi connectivity index (χ0) is 19.0. The predicted molar refractivity (Wildman–Crippen MR) is 110 cm³/mol. The molecule has 0 unspecified atom stereocenters. The number of hydrogen-bond acceptors (Lipinski definition) is 3. The summed E-state index contributed by atoms with van der Waals surface area (Å²) in [5.74, 6) is 0.357. The molecule has 0 atom stereocenters. The summed E-state index contributed by atoms with van der Waals surface area (Å²) in [6, 6.07) is 7.09. The number of carbonyl (C=O) groups excluding carboxylic acids is 1. The zero-order valence-electron chi connectivity index (χ0n) is 16.4. The highest BCUT2D eigenvalue weighted by atomic mass is 35.5. The van der Waals surface area contributed by atoms with E-state index < -0.39 is 5.82 Å². The predicted octanol–water partition coefficient (Wildman–Crippen LogP) is 3.65. The van der Waals surface area contributed by atoms with Gasteiger partial charge < -0.3 is 10.2 Å². The van der Waals surface area contributed by atoms with Crippen molar-refractivity contribution in [3.05, 3.63) is 47.0 Å². The van der Waals surface area contributed by atoms with Gasteiger partial charge in [0.2, 0.25) is 0 Å².